The first-order valence-corrected chi connectivity index (χ1v) is 5.90. The highest BCUT2D eigenvalue weighted by molar-refractivity contribution is 5.28. The molecule has 0 fully saturated rings. The van der Waals surface area contributed by atoms with Crippen molar-refractivity contribution in [2.75, 3.05) is 19.0 Å². The fourth-order valence-electron chi connectivity index (χ4n) is 1.33. The number of ether oxygens (including phenoxy) is 1. The minimum absolute atomic E-state index is 0.270. The number of aromatic nitrogens is 5. The highest BCUT2D eigenvalue weighted by atomic mass is 16.5. The van der Waals surface area contributed by atoms with Gasteiger partial charge in [0.1, 0.15) is 0 Å². The van der Waals surface area contributed by atoms with Crippen LogP contribution in [0.1, 0.15) is 13.3 Å². The van der Waals surface area contributed by atoms with E-state index in [2.05, 4.69) is 31.9 Å². The maximum atomic E-state index is 5.49. The monoisotopic (exact) mass is 260 g/mol. The predicted molar refractivity (Wildman–Crippen MR) is 71.4 cm³/mol. The summed E-state index contributed by atoms with van der Waals surface area (Å²) in [5.41, 5.74) is 1.05. The van der Waals surface area contributed by atoms with Gasteiger partial charge in [-0.3, -0.25) is 0 Å². The summed E-state index contributed by atoms with van der Waals surface area (Å²) >= 11 is 0. The Bertz CT molecular complexity index is 551. The lowest BCUT2D eigenvalue weighted by Crippen LogP contribution is -2.10. The number of rotatable bonds is 6. The normalized spacial score (nSPS) is 10.2. The minimum Gasteiger partial charge on any atom is -0.463 e. The molecule has 2 aromatic heterocycles. The SMILES string of the molecule is C=C(C)CCOc1nc(NC)nc(-n2cccn2)n1. The molecule has 0 aliphatic heterocycles. The van der Waals surface area contributed by atoms with E-state index in [0.29, 0.717) is 18.5 Å². The predicted octanol–water partition coefficient (Wildman–Crippen LogP) is 1.44. The molecule has 100 valence electrons. The second-order valence-corrected chi connectivity index (χ2v) is 4.00. The Hall–Kier alpha value is -2.44. The average Bonchev–Trinajstić information content (AvgIpc) is 2.92. The van der Waals surface area contributed by atoms with E-state index in [4.69, 9.17) is 4.74 Å². The van der Waals surface area contributed by atoms with Crippen molar-refractivity contribution in [2.45, 2.75) is 13.3 Å². The van der Waals surface area contributed by atoms with Gasteiger partial charge in [-0.15, -0.1) is 6.58 Å². The molecular formula is C12H16N6O. The molecule has 0 saturated carbocycles. The molecule has 0 atom stereocenters. The van der Waals surface area contributed by atoms with Crippen molar-refractivity contribution in [2.24, 2.45) is 0 Å². The van der Waals surface area contributed by atoms with Gasteiger partial charge < -0.3 is 10.1 Å². The lowest BCUT2D eigenvalue weighted by molar-refractivity contribution is 0.295. The van der Waals surface area contributed by atoms with Crippen molar-refractivity contribution in [1.82, 2.24) is 24.7 Å². The number of hydrogen-bond acceptors (Lipinski definition) is 6. The summed E-state index contributed by atoms with van der Waals surface area (Å²) in [5, 5.41) is 6.95. The molecular weight excluding hydrogens is 244 g/mol. The van der Waals surface area contributed by atoms with Crippen LogP contribution in [0.15, 0.2) is 30.6 Å². The van der Waals surface area contributed by atoms with Gasteiger partial charge in [-0.25, -0.2) is 4.68 Å². The van der Waals surface area contributed by atoms with Crippen LogP contribution in [-0.2, 0) is 0 Å². The molecule has 0 bridgehead atoms. The third-order valence-electron chi connectivity index (χ3n) is 2.30. The van der Waals surface area contributed by atoms with Gasteiger partial charge in [0.15, 0.2) is 0 Å². The average molecular weight is 260 g/mol. The first kappa shape index (κ1) is 13.0. The standard InChI is InChI=1S/C12H16N6O/c1-9(2)5-8-19-12-16-10(13-3)15-11(17-12)18-7-4-6-14-18/h4,6-7H,1,5,8H2,2-3H3,(H,13,15,16,17). The van der Waals surface area contributed by atoms with Crippen LogP contribution in [0.4, 0.5) is 5.95 Å². The lowest BCUT2D eigenvalue weighted by Gasteiger charge is -2.07. The Balaban J connectivity index is 2.19. The molecule has 2 rings (SSSR count). The van der Waals surface area contributed by atoms with E-state index in [1.807, 2.05) is 6.92 Å². The van der Waals surface area contributed by atoms with Gasteiger partial charge in [0.05, 0.1) is 6.61 Å². The fourth-order valence-corrected chi connectivity index (χ4v) is 1.33. The van der Waals surface area contributed by atoms with Crippen LogP contribution < -0.4 is 10.1 Å². The number of nitrogens with one attached hydrogen (secondary N) is 1. The molecule has 7 heteroatoms. The van der Waals surface area contributed by atoms with Gasteiger partial charge in [-0.1, -0.05) is 5.57 Å². The summed E-state index contributed by atoms with van der Waals surface area (Å²) in [6.07, 6.45) is 4.18. The molecule has 2 aromatic rings. The fraction of sp³-hybridized carbons (Fsp3) is 0.333. The topological polar surface area (TPSA) is 77.8 Å². The molecule has 0 saturated heterocycles. The van der Waals surface area contributed by atoms with Crippen LogP contribution in [0.3, 0.4) is 0 Å². The van der Waals surface area contributed by atoms with Gasteiger partial charge in [-0.05, 0) is 13.0 Å². The van der Waals surface area contributed by atoms with Gasteiger partial charge in [-0.2, -0.15) is 20.1 Å². The Morgan fingerprint density at radius 3 is 2.89 bits per heavy atom. The second kappa shape index (κ2) is 5.94. The quantitative estimate of drug-likeness (QED) is 0.792. The zero-order valence-electron chi connectivity index (χ0n) is 11.0. The van der Waals surface area contributed by atoms with Crippen molar-refractivity contribution in [3.63, 3.8) is 0 Å². The molecule has 0 amide bonds. The largest absolute Gasteiger partial charge is 0.463 e. The molecule has 2 heterocycles. The maximum Gasteiger partial charge on any atom is 0.323 e. The molecule has 19 heavy (non-hydrogen) atoms. The summed E-state index contributed by atoms with van der Waals surface area (Å²) in [6.45, 7) is 6.26. The first-order chi connectivity index (χ1) is 9.19. The van der Waals surface area contributed by atoms with Crippen molar-refractivity contribution in [3.05, 3.63) is 30.6 Å². The van der Waals surface area contributed by atoms with E-state index in [0.717, 1.165) is 12.0 Å². The maximum absolute atomic E-state index is 5.49. The third kappa shape index (κ3) is 3.51. The molecule has 0 unspecified atom stereocenters. The molecule has 0 aliphatic rings. The van der Waals surface area contributed by atoms with Crippen molar-refractivity contribution < 1.29 is 4.74 Å². The van der Waals surface area contributed by atoms with Crippen LogP contribution in [0.2, 0.25) is 0 Å². The van der Waals surface area contributed by atoms with Gasteiger partial charge >= 0.3 is 6.01 Å². The van der Waals surface area contributed by atoms with Crippen LogP contribution in [0, 0.1) is 0 Å². The van der Waals surface area contributed by atoms with Crippen LogP contribution >= 0.6 is 0 Å². The van der Waals surface area contributed by atoms with Gasteiger partial charge in [0, 0.05) is 25.9 Å². The van der Waals surface area contributed by atoms with Gasteiger partial charge in [0.25, 0.3) is 5.95 Å². The van der Waals surface area contributed by atoms with Crippen LogP contribution in [0.5, 0.6) is 6.01 Å². The highest BCUT2D eigenvalue weighted by Gasteiger charge is 2.08. The van der Waals surface area contributed by atoms with Crippen LogP contribution in [-0.4, -0.2) is 38.4 Å². The third-order valence-corrected chi connectivity index (χ3v) is 2.30. The van der Waals surface area contributed by atoms with E-state index in [1.54, 1.807) is 30.2 Å². The Morgan fingerprint density at radius 2 is 2.26 bits per heavy atom. The lowest BCUT2D eigenvalue weighted by atomic mass is 10.3. The van der Waals surface area contributed by atoms with E-state index >= 15 is 0 Å². The van der Waals surface area contributed by atoms with Crippen molar-refractivity contribution in [3.8, 4) is 12.0 Å². The summed E-state index contributed by atoms with van der Waals surface area (Å²) in [7, 11) is 1.74. The molecule has 0 spiro atoms. The van der Waals surface area contributed by atoms with E-state index in [1.165, 1.54) is 0 Å². The minimum atomic E-state index is 0.270. The highest BCUT2D eigenvalue weighted by Crippen LogP contribution is 2.10. The van der Waals surface area contributed by atoms with Crippen molar-refractivity contribution in [1.29, 1.82) is 0 Å². The summed E-state index contributed by atoms with van der Waals surface area (Å²) in [6, 6.07) is 2.07. The smallest absolute Gasteiger partial charge is 0.323 e. The first-order valence-electron chi connectivity index (χ1n) is 5.90. The molecule has 7 nitrogen and oxygen atoms in total. The Labute approximate surface area is 111 Å². The van der Waals surface area contributed by atoms with E-state index in [9.17, 15) is 0 Å². The van der Waals surface area contributed by atoms with E-state index < -0.39 is 0 Å². The number of anilines is 1. The number of hydrogen-bond donors (Lipinski definition) is 1. The molecule has 0 aromatic carbocycles. The summed E-state index contributed by atoms with van der Waals surface area (Å²) in [4.78, 5) is 12.5. The molecule has 0 radical (unpaired) electrons. The summed E-state index contributed by atoms with van der Waals surface area (Å²) < 4.78 is 7.04. The summed E-state index contributed by atoms with van der Waals surface area (Å²) in [5.74, 6) is 0.848. The zero-order chi connectivity index (χ0) is 13.7. The van der Waals surface area contributed by atoms with Crippen molar-refractivity contribution >= 4 is 5.95 Å². The Morgan fingerprint density at radius 1 is 1.42 bits per heavy atom. The molecule has 1 N–H and O–H groups in total. The van der Waals surface area contributed by atoms with Gasteiger partial charge in [0.2, 0.25) is 5.95 Å². The Kier molecular flexibility index (Phi) is 4.07. The van der Waals surface area contributed by atoms with Crippen LogP contribution in [0.25, 0.3) is 5.95 Å². The number of nitrogens with zero attached hydrogens (tertiary/aromatic N) is 5. The van der Waals surface area contributed by atoms with E-state index in [-0.39, 0.29) is 6.01 Å². The second-order valence-electron chi connectivity index (χ2n) is 4.00. The zero-order valence-corrected chi connectivity index (χ0v) is 11.0. The molecule has 0 aliphatic carbocycles.